The molecule has 0 spiro atoms. The fourth-order valence-corrected chi connectivity index (χ4v) is 3.93. The van der Waals surface area contributed by atoms with E-state index in [1.165, 1.54) is 6.21 Å². The van der Waals surface area contributed by atoms with E-state index in [1.54, 1.807) is 12.1 Å². The summed E-state index contributed by atoms with van der Waals surface area (Å²) in [4.78, 5) is 26.0. The molecule has 5 rings (SSSR count). The van der Waals surface area contributed by atoms with Crippen LogP contribution in [-0.4, -0.2) is 28.7 Å². The predicted molar refractivity (Wildman–Crippen MR) is 133 cm³/mol. The number of fused-ring (bicyclic) bond motifs is 2. The molecule has 4 aromatic rings. The van der Waals surface area contributed by atoms with Crippen LogP contribution in [0.3, 0.4) is 0 Å². The molecule has 1 N–H and O–H groups in total. The van der Waals surface area contributed by atoms with Gasteiger partial charge in [0.15, 0.2) is 0 Å². The number of para-hydroxylation sites is 1. The largest absolute Gasteiger partial charge is 0.492 e. The van der Waals surface area contributed by atoms with Gasteiger partial charge in [-0.05, 0) is 31.2 Å². The first-order chi connectivity index (χ1) is 16.6. The van der Waals surface area contributed by atoms with E-state index in [4.69, 9.17) is 16.3 Å². The summed E-state index contributed by atoms with van der Waals surface area (Å²) in [5.74, 6) is -0.0411. The molecule has 0 fully saturated rings. The summed E-state index contributed by atoms with van der Waals surface area (Å²) in [7, 11) is 0. The summed E-state index contributed by atoms with van der Waals surface area (Å²) in [5, 5.41) is 7.06. The average molecular weight is 470 g/mol. The number of hydrazone groups is 1. The van der Waals surface area contributed by atoms with Gasteiger partial charge in [0.2, 0.25) is 5.95 Å². The Kier molecular flexibility index (Phi) is 6.01. The number of aromatic nitrogens is 2. The molecule has 0 aliphatic carbocycles. The van der Waals surface area contributed by atoms with Crippen molar-refractivity contribution in [1.82, 2.24) is 9.97 Å². The minimum Gasteiger partial charge on any atom is -0.492 e. The highest BCUT2D eigenvalue weighted by molar-refractivity contribution is 6.31. The van der Waals surface area contributed by atoms with Gasteiger partial charge in [0, 0.05) is 27.4 Å². The minimum absolute atomic E-state index is 0.295. The molecule has 8 heteroatoms. The number of nitrogens with zero attached hydrogens (tertiary/aromatic N) is 4. The van der Waals surface area contributed by atoms with Gasteiger partial charge < -0.3 is 4.74 Å². The van der Waals surface area contributed by atoms with Crippen molar-refractivity contribution in [1.29, 1.82) is 0 Å². The average Bonchev–Trinajstić information content (AvgIpc) is 2.85. The predicted octanol–water partition coefficient (Wildman–Crippen LogP) is 4.00. The van der Waals surface area contributed by atoms with Crippen molar-refractivity contribution in [3.63, 3.8) is 0 Å². The van der Waals surface area contributed by atoms with Crippen molar-refractivity contribution in [3.05, 3.63) is 82.3 Å². The Bertz CT molecular complexity index is 1540. The number of anilines is 1. The third-order valence-electron chi connectivity index (χ3n) is 5.30. The zero-order valence-corrected chi connectivity index (χ0v) is 19.0. The lowest BCUT2D eigenvalue weighted by molar-refractivity contribution is -0.118. The number of halogens is 1. The van der Waals surface area contributed by atoms with Crippen LogP contribution < -0.4 is 20.7 Å². The van der Waals surface area contributed by atoms with E-state index in [0.717, 1.165) is 21.9 Å². The number of amides is 1. The Labute approximate surface area is 200 Å². The Morgan fingerprint density at radius 1 is 1.09 bits per heavy atom. The van der Waals surface area contributed by atoms with E-state index < -0.39 is 5.92 Å². The molecule has 3 aromatic carbocycles. The number of rotatable bonds is 6. The summed E-state index contributed by atoms with van der Waals surface area (Å²) in [5.41, 5.74) is 5.24. The van der Waals surface area contributed by atoms with Crippen LogP contribution in [0, 0.1) is 5.92 Å². The molecular weight excluding hydrogens is 450 g/mol. The van der Waals surface area contributed by atoms with Crippen LogP contribution in [0.25, 0.3) is 28.2 Å². The van der Waals surface area contributed by atoms with E-state index in [2.05, 4.69) is 25.5 Å². The fourth-order valence-electron chi connectivity index (χ4n) is 3.77. The zero-order valence-electron chi connectivity index (χ0n) is 18.3. The second-order valence-corrected chi connectivity index (χ2v) is 8.02. The van der Waals surface area contributed by atoms with Crippen molar-refractivity contribution in [2.45, 2.75) is 6.92 Å². The number of ether oxygens (including phenoxy) is 1. The standard InChI is InChI=1S/C26H20ClN5O2/c1-2-34-22-10-6-9-17-13-18(25(33)30-24(17)22)15-28-32-26-29-21-14-19(27)11-12-20(21)23(31-26)16-7-4-3-5-8-16/h3-15,18H,2H2,1H3,(H,29,31,32). The van der Waals surface area contributed by atoms with Crippen LogP contribution >= 0.6 is 11.6 Å². The quantitative estimate of drug-likeness (QED) is 0.340. The second-order valence-electron chi connectivity index (χ2n) is 7.58. The number of hydrogen-bond acceptors (Lipinski definition) is 6. The molecule has 34 heavy (non-hydrogen) atoms. The molecule has 1 amide bonds. The molecule has 7 nitrogen and oxygen atoms in total. The van der Waals surface area contributed by atoms with E-state index in [1.807, 2.05) is 67.6 Å². The highest BCUT2D eigenvalue weighted by atomic mass is 35.5. The molecule has 0 bridgehead atoms. The van der Waals surface area contributed by atoms with Crippen LogP contribution in [0.15, 0.2) is 76.8 Å². The third-order valence-corrected chi connectivity index (χ3v) is 5.54. The number of benzene rings is 3. The van der Waals surface area contributed by atoms with Crippen molar-refractivity contribution >= 4 is 46.7 Å². The highest BCUT2D eigenvalue weighted by Gasteiger charge is 2.18. The lowest BCUT2D eigenvalue weighted by Crippen LogP contribution is -2.35. The van der Waals surface area contributed by atoms with Crippen LogP contribution in [0.1, 0.15) is 6.92 Å². The molecule has 0 saturated carbocycles. The number of hydrogen-bond donors (Lipinski definition) is 1. The SMILES string of the molecule is CCOc1cccc2c1=NC(=O)C(C=NNc1nc(-c3ccccc3)c3ccc(Cl)cc3n1)C=2. The van der Waals surface area contributed by atoms with Crippen molar-refractivity contribution in [3.8, 4) is 17.0 Å². The van der Waals surface area contributed by atoms with Crippen molar-refractivity contribution in [2.24, 2.45) is 16.0 Å². The number of nitrogens with one attached hydrogen (secondary N) is 1. The van der Waals surface area contributed by atoms with E-state index >= 15 is 0 Å². The smallest absolute Gasteiger partial charge is 0.258 e. The molecule has 1 aliphatic heterocycles. The van der Waals surface area contributed by atoms with E-state index in [0.29, 0.717) is 34.2 Å². The molecule has 0 saturated heterocycles. The Morgan fingerprint density at radius 2 is 1.94 bits per heavy atom. The topological polar surface area (TPSA) is 88.8 Å². The van der Waals surface area contributed by atoms with Crippen molar-refractivity contribution < 1.29 is 9.53 Å². The van der Waals surface area contributed by atoms with Crippen LogP contribution in [0.2, 0.25) is 5.02 Å². The highest BCUT2D eigenvalue weighted by Crippen LogP contribution is 2.29. The summed E-state index contributed by atoms with van der Waals surface area (Å²) in [6.45, 7) is 2.39. The van der Waals surface area contributed by atoms with Crippen LogP contribution in [-0.2, 0) is 4.79 Å². The molecule has 1 unspecified atom stereocenters. The monoisotopic (exact) mass is 469 g/mol. The molecule has 0 radical (unpaired) electrons. The molecule has 1 aliphatic rings. The first kappa shape index (κ1) is 21.7. The Hall–Kier alpha value is -4.10. The molecule has 168 valence electrons. The van der Waals surface area contributed by atoms with Gasteiger partial charge in [0.05, 0.1) is 23.7 Å². The maximum Gasteiger partial charge on any atom is 0.258 e. The van der Waals surface area contributed by atoms with Gasteiger partial charge in [-0.25, -0.2) is 20.4 Å². The summed E-state index contributed by atoms with van der Waals surface area (Å²) in [6, 6.07) is 20.9. The minimum atomic E-state index is -0.611. The summed E-state index contributed by atoms with van der Waals surface area (Å²) in [6.07, 6.45) is 3.31. The third kappa shape index (κ3) is 4.38. The zero-order chi connectivity index (χ0) is 23.5. The lowest BCUT2D eigenvalue weighted by atomic mass is 10.1. The van der Waals surface area contributed by atoms with Gasteiger partial charge >= 0.3 is 0 Å². The summed E-state index contributed by atoms with van der Waals surface area (Å²) < 4.78 is 5.58. The maximum atomic E-state index is 12.6. The van der Waals surface area contributed by atoms with Gasteiger partial charge in [0.1, 0.15) is 11.1 Å². The van der Waals surface area contributed by atoms with Gasteiger partial charge in [-0.3, -0.25) is 4.79 Å². The molecular formula is C26H20ClN5O2. The van der Waals surface area contributed by atoms with Gasteiger partial charge in [-0.1, -0.05) is 60.1 Å². The molecule has 1 aromatic heterocycles. The van der Waals surface area contributed by atoms with Crippen LogP contribution in [0.4, 0.5) is 5.95 Å². The fraction of sp³-hybridized carbons (Fsp3) is 0.115. The van der Waals surface area contributed by atoms with Gasteiger partial charge in [0.25, 0.3) is 5.91 Å². The number of carbonyl (C=O) groups excluding carboxylic acids is 1. The Morgan fingerprint density at radius 3 is 2.76 bits per heavy atom. The first-order valence-electron chi connectivity index (χ1n) is 10.8. The van der Waals surface area contributed by atoms with Gasteiger partial charge in [-0.15, -0.1) is 0 Å². The molecule has 1 atom stereocenters. The maximum absolute atomic E-state index is 12.6. The number of carbonyl (C=O) groups is 1. The van der Waals surface area contributed by atoms with Crippen molar-refractivity contribution in [2.75, 3.05) is 12.0 Å². The Balaban J connectivity index is 1.46. The summed E-state index contributed by atoms with van der Waals surface area (Å²) >= 11 is 6.19. The normalized spacial score (nSPS) is 15.0. The lowest BCUT2D eigenvalue weighted by Gasteiger charge is -2.11. The second kappa shape index (κ2) is 9.41. The molecule has 2 heterocycles. The van der Waals surface area contributed by atoms with E-state index in [9.17, 15) is 4.79 Å². The first-order valence-corrected chi connectivity index (χ1v) is 11.2. The van der Waals surface area contributed by atoms with E-state index in [-0.39, 0.29) is 5.91 Å². The van der Waals surface area contributed by atoms with Crippen LogP contribution in [0.5, 0.6) is 5.75 Å². The van der Waals surface area contributed by atoms with Gasteiger partial charge in [-0.2, -0.15) is 5.10 Å².